The number of nitrogens with zero attached hydrogens (tertiary/aromatic N) is 2. The summed E-state index contributed by atoms with van der Waals surface area (Å²) in [5.41, 5.74) is -0.537. The molecule has 1 amide bonds. The van der Waals surface area contributed by atoms with Crippen LogP contribution in [0.5, 0.6) is 0 Å². The number of nitrogens with one attached hydrogen (secondary N) is 1. The van der Waals surface area contributed by atoms with E-state index >= 15 is 0 Å². The van der Waals surface area contributed by atoms with Crippen LogP contribution in [0.2, 0.25) is 5.02 Å². The molecule has 33 heavy (non-hydrogen) atoms. The average molecular weight is 495 g/mol. The minimum absolute atomic E-state index is 0.0279. The number of hydrogen-bond acceptors (Lipinski definition) is 5. The molecule has 3 N–H and O–H groups in total. The van der Waals surface area contributed by atoms with E-state index in [-0.39, 0.29) is 18.0 Å². The third-order valence-electron chi connectivity index (χ3n) is 4.83. The minimum Gasteiger partial charge on any atom is -0.336 e. The van der Waals surface area contributed by atoms with Crippen LogP contribution < -0.4 is 16.4 Å². The first-order chi connectivity index (χ1) is 15.5. The largest absolute Gasteiger partial charge is 0.336 e. The summed E-state index contributed by atoms with van der Waals surface area (Å²) in [4.78, 5) is 39.4. The quantitative estimate of drug-likeness (QED) is 0.486. The molecule has 0 spiro atoms. The lowest BCUT2D eigenvalue weighted by atomic mass is 10.1. The lowest BCUT2D eigenvalue weighted by Gasteiger charge is -2.23. The van der Waals surface area contributed by atoms with E-state index in [2.05, 4.69) is 0 Å². The number of sulfonamides is 1. The van der Waals surface area contributed by atoms with Gasteiger partial charge >= 0.3 is 5.69 Å². The highest BCUT2D eigenvalue weighted by Gasteiger charge is 2.17. The Morgan fingerprint density at radius 1 is 1.06 bits per heavy atom. The summed E-state index contributed by atoms with van der Waals surface area (Å²) >= 11 is 5.91. The Hall–Kier alpha value is -3.28. The van der Waals surface area contributed by atoms with Gasteiger partial charge in [-0.2, -0.15) is 4.39 Å². The minimum atomic E-state index is -3.82. The van der Waals surface area contributed by atoms with Gasteiger partial charge in [0.2, 0.25) is 21.7 Å². The molecule has 0 saturated heterocycles. The standard InChI is InChI=1S/C21H20ClFN4O5S/c22-16-5-1-15(2-6-16)11-26(10-9-14-3-7-17(8-4-14)33(24,31)32)19(28)13-27-12-18(23)20(29)25-21(27)30/h1-8,12H,9-11,13H2,(H2,24,31,32)(H,25,29,30). The molecular weight excluding hydrogens is 475 g/mol. The Labute approximate surface area is 193 Å². The molecule has 3 aromatic rings. The third kappa shape index (κ3) is 6.60. The summed E-state index contributed by atoms with van der Waals surface area (Å²) in [6.07, 6.45) is 1.06. The highest BCUT2D eigenvalue weighted by atomic mass is 35.5. The van der Waals surface area contributed by atoms with Gasteiger partial charge in [-0.15, -0.1) is 0 Å². The molecule has 0 aliphatic heterocycles. The summed E-state index contributed by atoms with van der Waals surface area (Å²) in [5.74, 6) is -1.67. The molecule has 3 rings (SSSR count). The van der Waals surface area contributed by atoms with Crippen molar-refractivity contribution in [2.75, 3.05) is 6.54 Å². The van der Waals surface area contributed by atoms with Crippen LogP contribution in [0.4, 0.5) is 4.39 Å². The molecule has 0 aliphatic rings. The molecule has 0 saturated carbocycles. The number of H-pyrrole nitrogens is 1. The Morgan fingerprint density at radius 3 is 2.27 bits per heavy atom. The predicted octanol–water partition coefficient (Wildman–Crippen LogP) is 1.25. The van der Waals surface area contributed by atoms with E-state index in [1.165, 1.54) is 17.0 Å². The van der Waals surface area contributed by atoms with Crippen molar-refractivity contribution in [1.29, 1.82) is 0 Å². The van der Waals surface area contributed by atoms with E-state index in [4.69, 9.17) is 16.7 Å². The normalized spacial score (nSPS) is 11.4. The molecule has 2 aromatic carbocycles. The molecule has 9 nitrogen and oxygen atoms in total. The van der Waals surface area contributed by atoms with Crippen molar-refractivity contribution in [3.05, 3.63) is 97.5 Å². The molecular formula is C21H20ClFN4O5S. The second-order valence-corrected chi connectivity index (χ2v) is 9.24. The molecule has 0 unspecified atom stereocenters. The van der Waals surface area contributed by atoms with Crippen LogP contribution in [-0.2, 0) is 34.3 Å². The van der Waals surface area contributed by atoms with Gasteiger partial charge in [0.15, 0.2) is 0 Å². The summed E-state index contributed by atoms with van der Waals surface area (Å²) in [5, 5.41) is 5.63. The fraction of sp³-hybridized carbons (Fsp3) is 0.190. The van der Waals surface area contributed by atoms with E-state index in [9.17, 15) is 27.2 Å². The first kappa shape index (κ1) is 24.4. The lowest BCUT2D eigenvalue weighted by Crippen LogP contribution is -2.39. The predicted molar refractivity (Wildman–Crippen MR) is 120 cm³/mol. The highest BCUT2D eigenvalue weighted by Crippen LogP contribution is 2.14. The molecule has 12 heteroatoms. The van der Waals surface area contributed by atoms with Crippen LogP contribution in [0.3, 0.4) is 0 Å². The van der Waals surface area contributed by atoms with Crippen molar-refractivity contribution in [1.82, 2.24) is 14.5 Å². The summed E-state index contributed by atoms with van der Waals surface area (Å²) in [6, 6.07) is 12.8. The maximum atomic E-state index is 13.6. The first-order valence-electron chi connectivity index (χ1n) is 9.66. The second-order valence-electron chi connectivity index (χ2n) is 7.24. The molecule has 174 valence electrons. The maximum Gasteiger partial charge on any atom is 0.328 e. The van der Waals surface area contributed by atoms with E-state index < -0.39 is 39.5 Å². The van der Waals surface area contributed by atoms with Gasteiger partial charge in [-0.3, -0.25) is 19.1 Å². The zero-order valence-corrected chi connectivity index (χ0v) is 18.8. The molecule has 0 bridgehead atoms. The number of aromatic amines is 1. The van der Waals surface area contributed by atoms with Crippen LogP contribution in [0.25, 0.3) is 0 Å². The Balaban J connectivity index is 1.80. The molecule has 0 atom stereocenters. The fourth-order valence-electron chi connectivity index (χ4n) is 3.06. The van der Waals surface area contributed by atoms with Crippen LogP contribution in [-0.4, -0.2) is 35.3 Å². The molecule has 0 aliphatic carbocycles. The van der Waals surface area contributed by atoms with E-state index in [1.807, 2.05) is 4.98 Å². The van der Waals surface area contributed by atoms with Crippen molar-refractivity contribution in [3.8, 4) is 0 Å². The number of hydrogen-bond donors (Lipinski definition) is 2. The van der Waals surface area contributed by atoms with Crippen molar-refractivity contribution in [3.63, 3.8) is 0 Å². The third-order valence-corrected chi connectivity index (χ3v) is 6.02. The SMILES string of the molecule is NS(=O)(=O)c1ccc(CCN(Cc2ccc(Cl)cc2)C(=O)Cn2cc(F)c(=O)[nH]c2=O)cc1. The van der Waals surface area contributed by atoms with Gasteiger partial charge in [0.1, 0.15) is 6.54 Å². The topological polar surface area (TPSA) is 135 Å². The van der Waals surface area contributed by atoms with Crippen molar-refractivity contribution >= 4 is 27.5 Å². The van der Waals surface area contributed by atoms with Gasteiger partial charge < -0.3 is 4.90 Å². The molecule has 1 heterocycles. The number of carbonyl (C=O) groups excluding carboxylic acids is 1. The summed E-state index contributed by atoms with van der Waals surface area (Å²) in [7, 11) is -3.82. The lowest BCUT2D eigenvalue weighted by molar-refractivity contribution is -0.132. The zero-order chi connectivity index (χ0) is 24.2. The number of halogens is 2. The molecule has 0 radical (unpaired) electrons. The first-order valence-corrected chi connectivity index (χ1v) is 11.6. The monoisotopic (exact) mass is 494 g/mol. The average Bonchev–Trinajstić information content (AvgIpc) is 2.76. The van der Waals surface area contributed by atoms with Gasteiger partial charge in [-0.05, 0) is 41.8 Å². The van der Waals surface area contributed by atoms with E-state index in [1.54, 1.807) is 36.4 Å². The number of aromatic nitrogens is 2. The van der Waals surface area contributed by atoms with Crippen molar-refractivity contribution in [2.24, 2.45) is 5.14 Å². The van der Waals surface area contributed by atoms with Crippen LogP contribution in [0, 0.1) is 5.82 Å². The number of rotatable bonds is 8. The van der Waals surface area contributed by atoms with Crippen LogP contribution >= 0.6 is 11.6 Å². The molecule has 1 aromatic heterocycles. The van der Waals surface area contributed by atoms with Crippen molar-refractivity contribution < 1.29 is 17.6 Å². The number of nitrogens with two attached hydrogens (primary N) is 1. The van der Waals surface area contributed by atoms with Gasteiger partial charge in [0, 0.05) is 18.1 Å². The van der Waals surface area contributed by atoms with Crippen LogP contribution in [0.15, 0.2) is 69.2 Å². The van der Waals surface area contributed by atoms with E-state index in [0.717, 1.165) is 15.7 Å². The van der Waals surface area contributed by atoms with E-state index in [0.29, 0.717) is 17.6 Å². The Kier molecular flexibility index (Phi) is 7.46. The van der Waals surface area contributed by atoms with Gasteiger partial charge in [0.05, 0.1) is 11.1 Å². The van der Waals surface area contributed by atoms with Crippen LogP contribution in [0.1, 0.15) is 11.1 Å². The second kappa shape index (κ2) is 10.1. The Morgan fingerprint density at radius 2 is 1.67 bits per heavy atom. The van der Waals surface area contributed by atoms with Gasteiger partial charge in [0.25, 0.3) is 5.56 Å². The summed E-state index contributed by atoms with van der Waals surface area (Å²) < 4.78 is 37.2. The summed E-state index contributed by atoms with van der Waals surface area (Å²) in [6.45, 7) is -0.0763. The molecule has 0 fully saturated rings. The Bertz CT molecular complexity index is 1370. The zero-order valence-electron chi connectivity index (χ0n) is 17.2. The maximum absolute atomic E-state index is 13.6. The van der Waals surface area contributed by atoms with Crippen molar-refractivity contribution in [2.45, 2.75) is 24.4 Å². The fourth-order valence-corrected chi connectivity index (χ4v) is 3.70. The number of benzene rings is 2. The van der Waals surface area contributed by atoms with Gasteiger partial charge in [-0.25, -0.2) is 18.4 Å². The number of primary sulfonamides is 1. The highest BCUT2D eigenvalue weighted by molar-refractivity contribution is 7.89. The number of amides is 1. The number of carbonyl (C=O) groups is 1. The van der Waals surface area contributed by atoms with Gasteiger partial charge in [-0.1, -0.05) is 35.9 Å². The smallest absolute Gasteiger partial charge is 0.328 e.